The summed E-state index contributed by atoms with van der Waals surface area (Å²) in [5.74, 6) is 0.962. The first-order valence-electron chi connectivity index (χ1n) is 6.73. The topological polar surface area (TPSA) is 12.0 Å². The van der Waals surface area contributed by atoms with Gasteiger partial charge in [-0.25, -0.2) is 0 Å². The first kappa shape index (κ1) is 11.4. The second-order valence-corrected chi connectivity index (χ2v) is 6.91. The SMILES string of the molecule is CC(C)(C)C1CCCC2(CCNCC2)C1. The summed E-state index contributed by atoms with van der Waals surface area (Å²) in [6.45, 7) is 9.81. The average Bonchev–Trinajstić information content (AvgIpc) is 2.18. The van der Waals surface area contributed by atoms with Crippen LogP contribution < -0.4 is 5.32 Å². The van der Waals surface area contributed by atoms with E-state index < -0.39 is 0 Å². The fourth-order valence-corrected chi connectivity index (χ4v) is 3.60. The molecule has 0 aromatic rings. The lowest BCUT2D eigenvalue weighted by molar-refractivity contribution is 0.0463. The van der Waals surface area contributed by atoms with Crippen LogP contribution in [0.4, 0.5) is 0 Å². The minimum absolute atomic E-state index is 0.526. The molecule has 1 aliphatic heterocycles. The van der Waals surface area contributed by atoms with Gasteiger partial charge in [0, 0.05) is 0 Å². The van der Waals surface area contributed by atoms with Crippen molar-refractivity contribution in [3.05, 3.63) is 0 Å². The van der Waals surface area contributed by atoms with E-state index in [2.05, 4.69) is 26.1 Å². The van der Waals surface area contributed by atoms with Gasteiger partial charge in [0.2, 0.25) is 0 Å². The third kappa shape index (κ3) is 2.55. The van der Waals surface area contributed by atoms with Crippen LogP contribution in [-0.2, 0) is 0 Å². The summed E-state index contributed by atoms with van der Waals surface area (Å²) in [5.41, 5.74) is 1.25. The van der Waals surface area contributed by atoms with Crippen LogP contribution in [0.15, 0.2) is 0 Å². The highest BCUT2D eigenvalue weighted by Crippen LogP contribution is 2.50. The highest BCUT2D eigenvalue weighted by Gasteiger charge is 2.40. The average molecular weight is 209 g/mol. The molecule has 15 heavy (non-hydrogen) atoms. The summed E-state index contributed by atoms with van der Waals surface area (Å²) in [6.07, 6.45) is 8.80. The maximum atomic E-state index is 3.51. The quantitative estimate of drug-likeness (QED) is 0.643. The molecule has 0 amide bonds. The van der Waals surface area contributed by atoms with Crippen molar-refractivity contribution in [3.8, 4) is 0 Å². The van der Waals surface area contributed by atoms with Crippen LogP contribution in [-0.4, -0.2) is 13.1 Å². The standard InChI is InChI=1S/C14H27N/c1-13(2,3)12-5-4-6-14(11-12)7-9-15-10-8-14/h12,15H,4-11H2,1-3H3. The Bertz CT molecular complexity index is 202. The molecule has 1 saturated carbocycles. The van der Waals surface area contributed by atoms with Gasteiger partial charge in [-0.1, -0.05) is 27.2 Å². The van der Waals surface area contributed by atoms with Crippen molar-refractivity contribution in [3.63, 3.8) is 0 Å². The largest absolute Gasteiger partial charge is 0.317 e. The normalized spacial score (nSPS) is 31.8. The molecule has 1 saturated heterocycles. The van der Waals surface area contributed by atoms with Gasteiger partial charge < -0.3 is 5.32 Å². The van der Waals surface area contributed by atoms with Crippen LogP contribution in [0.1, 0.15) is 59.3 Å². The Morgan fingerprint density at radius 3 is 2.33 bits per heavy atom. The van der Waals surface area contributed by atoms with Gasteiger partial charge in [0.15, 0.2) is 0 Å². The van der Waals surface area contributed by atoms with Crippen LogP contribution in [0.5, 0.6) is 0 Å². The van der Waals surface area contributed by atoms with Crippen LogP contribution in [0.2, 0.25) is 0 Å². The highest BCUT2D eigenvalue weighted by atomic mass is 14.9. The summed E-state index contributed by atoms with van der Waals surface area (Å²) in [7, 11) is 0. The molecular formula is C14H27N. The van der Waals surface area contributed by atoms with Gasteiger partial charge in [0.1, 0.15) is 0 Å². The van der Waals surface area contributed by atoms with Gasteiger partial charge in [-0.15, -0.1) is 0 Å². The molecule has 1 unspecified atom stereocenters. The van der Waals surface area contributed by atoms with Gasteiger partial charge in [0.25, 0.3) is 0 Å². The summed E-state index contributed by atoms with van der Waals surface area (Å²) >= 11 is 0. The molecule has 2 rings (SSSR count). The molecule has 0 aromatic carbocycles. The van der Waals surface area contributed by atoms with Crippen molar-refractivity contribution in [1.29, 1.82) is 0 Å². The Balaban J connectivity index is 2.02. The number of nitrogens with one attached hydrogen (secondary N) is 1. The molecule has 1 atom stereocenters. The molecule has 1 heterocycles. The fourth-order valence-electron chi connectivity index (χ4n) is 3.60. The fraction of sp³-hybridized carbons (Fsp3) is 1.00. The molecule has 88 valence electrons. The van der Waals surface area contributed by atoms with Crippen LogP contribution in [0, 0.1) is 16.7 Å². The number of hydrogen-bond acceptors (Lipinski definition) is 1. The smallest absolute Gasteiger partial charge is 0.00436 e. The molecule has 0 bridgehead atoms. The van der Waals surface area contributed by atoms with Gasteiger partial charge in [-0.2, -0.15) is 0 Å². The third-order valence-electron chi connectivity index (χ3n) is 4.83. The lowest BCUT2D eigenvalue weighted by Crippen LogP contribution is -2.42. The van der Waals surface area contributed by atoms with E-state index in [-0.39, 0.29) is 0 Å². The Morgan fingerprint density at radius 2 is 1.73 bits per heavy atom. The zero-order valence-electron chi connectivity index (χ0n) is 10.7. The van der Waals surface area contributed by atoms with Gasteiger partial charge in [-0.05, 0) is 61.9 Å². The number of hydrogen-bond donors (Lipinski definition) is 1. The molecule has 2 aliphatic rings. The molecule has 2 fully saturated rings. The van der Waals surface area contributed by atoms with Crippen molar-refractivity contribution < 1.29 is 0 Å². The Labute approximate surface area is 95.0 Å². The maximum Gasteiger partial charge on any atom is -0.00436 e. The summed E-state index contributed by atoms with van der Waals surface area (Å²) < 4.78 is 0. The first-order valence-corrected chi connectivity index (χ1v) is 6.73. The second-order valence-electron chi connectivity index (χ2n) is 6.91. The zero-order valence-corrected chi connectivity index (χ0v) is 10.7. The maximum absolute atomic E-state index is 3.51. The van der Waals surface area contributed by atoms with E-state index in [4.69, 9.17) is 0 Å². The van der Waals surface area contributed by atoms with Crippen molar-refractivity contribution in [2.75, 3.05) is 13.1 Å². The molecule has 1 nitrogen and oxygen atoms in total. The third-order valence-corrected chi connectivity index (χ3v) is 4.83. The van der Waals surface area contributed by atoms with Crippen LogP contribution in [0.3, 0.4) is 0 Å². The Morgan fingerprint density at radius 1 is 1.07 bits per heavy atom. The molecule has 0 radical (unpaired) electrons. The van der Waals surface area contributed by atoms with Gasteiger partial charge >= 0.3 is 0 Å². The lowest BCUT2D eigenvalue weighted by atomic mass is 9.60. The van der Waals surface area contributed by atoms with Crippen molar-refractivity contribution in [2.45, 2.75) is 59.3 Å². The van der Waals surface area contributed by atoms with E-state index in [0.717, 1.165) is 11.3 Å². The predicted molar refractivity (Wildman–Crippen MR) is 65.9 cm³/mol. The van der Waals surface area contributed by atoms with Gasteiger partial charge in [-0.3, -0.25) is 0 Å². The van der Waals surface area contributed by atoms with E-state index >= 15 is 0 Å². The lowest BCUT2D eigenvalue weighted by Gasteiger charge is -2.47. The Hall–Kier alpha value is -0.0400. The monoisotopic (exact) mass is 209 g/mol. The van der Waals surface area contributed by atoms with Crippen molar-refractivity contribution in [2.24, 2.45) is 16.7 Å². The summed E-state index contributed by atoms with van der Waals surface area (Å²) in [4.78, 5) is 0. The molecule has 0 aromatic heterocycles. The van der Waals surface area contributed by atoms with Crippen molar-refractivity contribution in [1.82, 2.24) is 5.32 Å². The summed E-state index contributed by atoms with van der Waals surface area (Å²) in [5, 5.41) is 3.51. The summed E-state index contributed by atoms with van der Waals surface area (Å²) in [6, 6.07) is 0. The van der Waals surface area contributed by atoms with E-state index in [1.165, 1.54) is 51.6 Å². The molecular weight excluding hydrogens is 182 g/mol. The van der Waals surface area contributed by atoms with Crippen LogP contribution >= 0.6 is 0 Å². The number of rotatable bonds is 0. The van der Waals surface area contributed by atoms with E-state index in [1.807, 2.05) is 0 Å². The van der Waals surface area contributed by atoms with E-state index in [9.17, 15) is 0 Å². The van der Waals surface area contributed by atoms with Gasteiger partial charge in [0.05, 0.1) is 0 Å². The predicted octanol–water partition coefficient (Wildman–Crippen LogP) is 3.59. The first-order chi connectivity index (χ1) is 7.02. The molecule has 1 heteroatoms. The highest BCUT2D eigenvalue weighted by molar-refractivity contribution is 4.92. The zero-order chi connectivity index (χ0) is 10.9. The van der Waals surface area contributed by atoms with Crippen LogP contribution in [0.25, 0.3) is 0 Å². The van der Waals surface area contributed by atoms with E-state index in [1.54, 1.807) is 0 Å². The minimum Gasteiger partial charge on any atom is -0.317 e. The number of piperidine rings is 1. The second kappa shape index (κ2) is 4.08. The van der Waals surface area contributed by atoms with Crippen molar-refractivity contribution >= 4 is 0 Å². The molecule has 1 spiro atoms. The van der Waals surface area contributed by atoms with E-state index in [0.29, 0.717) is 5.41 Å². The molecule has 1 aliphatic carbocycles. The molecule has 1 N–H and O–H groups in total. The Kier molecular flexibility index (Phi) is 3.12. The minimum atomic E-state index is 0.526.